The van der Waals surface area contributed by atoms with Gasteiger partial charge < -0.3 is 18.1 Å². The second kappa shape index (κ2) is 8.63. The van der Waals surface area contributed by atoms with Gasteiger partial charge in [-0.25, -0.2) is 4.57 Å². The smallest absolute Gasteiger partial charge is 0.415 e. The number of para-hydroxylation sites is 2. The largest absolute Gasteiger partial charge is 0.450 e. The zero-order valence-electron chi connectivity index (χ0n) is 16.5. The van der Waals surface area contributed by atoms with Crippen LogP contribution in [0.3, 0.4) is 0 Å². The summed E-state index contributed by atoms with van der Waals surface area (Å²) in [6, 6.07) is 18.6. The van der Waals surface area contributed by atoms with Gasteiger partial charge in [-0.15, -0.1) is 0 Å². The summed E-state index contributed by atoms with van der Waals surface area (Å²) in [5, 5.41) is -0.993. The van der Waals surface area contributed by atoms with Crippen molar-refractivity contribution in [1.82, 2.24) is 0 Å². The Kier molecular flexibility index (Phi) is 6.24. The molecule has 0 N–H and O–H groups in total. The van der Waals surface area contributed by atoms with Crippen molar-refractivity contribution in [1.29, 1.82) is 0 Å². The molecule has 0 fully saturated rings. The minimum Gasteiger partial charge on any atom is -0.415 e. The molecule has 1 heterocycles. The van der Waals surface area contributed by atoms with Crippen molar-refractivity contribution >= 4 is 38.4 Å². The highest BCUT2D eigenvalue weighted by Crippen LogP contribution is 2.78. The first-order valence-electron chi connectivity index (χ1n) is 9.15. The van der Waals surface area contributed by atoms with Crippen LogP contribution in [0, 0.1) is 0 Å². The minimum atomic E-state index is -4.29. The molecular weight excluding hydrogens is 481 g/mol. The summed E-state index contributed by atoms with van der Waals surface area (Å²) < 4.78 is 50.5. The molecule has 6 nitrogen and oxygen atoms in total. The molecule has 31 heavy (non-hydrogen) atoms. The van der Waals surface area contributed by atoms with Gasteiger partial charge in [0.15, 0.2) is 0 Å². The summed E-state index contributed by atoms with van der Waals surface area (Å²) in [7, 11) is -5.96. The summed E-state index contributed by atoms with van der Waals surface area (Å²) in [6.45, 7) is 0. The molecule has 0 spiro atoms. The average molecular weight is 499 g/mol. The van der Waals surface area contributed by atoms with Crippen molar-refractivity contribution in [3.8, 4) is 22.6 Å². The van der Waals surface area contributed by atoms with Crippen molar-refractivity contribution in [2.45, 2.75) is 5.40 Å². The van der Waals surface area contributed by atoms with Crippen LogP contribution in [0.5, 0.6) is 11.5 Å². The predicted molar refractivity (Wildman–Crippen MR) is 122 cm³/mol. The van der Waals surface area contributed by atoms with Gasteiger partial charge in [0.2, 0.25) is 5.40 Å². The second-order valence-corrected chi connectivity index (χ2v) is 12.2. The maximum Gasteiger partial charge on any atom is 0.450 e. The van der Waals surface area contributed by atoms with Gasteiger partial charge in [0.1, 0.15) is 11.5 Å². The van der Waals surface area contributed by atoms with Crippen LogP contribution in [0.15, 0.2) is 66.7 Å². The van der Waals surface area contributed by atoms with E-state index >= 15 is 0 Å². The summed E-state index contributed by atoms with van der Waals surface area (Å²) in [5.74, 6) is 0.620. The van der Waals surface area contributed by atoms with Crippen molar-refractivity contribution in [2.24, 2.45) is 0 Å². The molecule has 0 radical (unpaired) electrons. The Morgan fingerprint density at radius 3 is 1.87 bits per heavy atom. The number of halogens is 2. The monoisotopic (exact) mass is 498 g/mol. The highest BCUT2D eigenvalue weighted by Gasteiger charge is 2.55. The Morgan fingerprint density at radius 2 is 1.39 bits per heavy atom. The highest BCUT2D eigenvalue weighted by molar-refractivity contribution is 7.72. The van der Waals surface area contributed by atoms with Gasteiger partial charge in [0, 0.05) is 41.0 Å². The summed E-state index contributed by atoms with van der Waals surface area (Å²) >= 11 is 12.5. The normalized spacial score (nSPS) is 15.6. The van der Waals surface area contributed by atoms with E-state index in [1.165, 1.54) is 32.4 Å². The van der Waals surface area contributed by atoms with E-state index in [1.807, 2.05) is 24.3 Å². The fourth-order valence-electron chi connectivity index (χ4n) is 3.43. The minimum absolute atomic E-state index is 0.125. The van der Waals surface area contributed by atoms with E-state index in [-0.39, 0.29) is 10.6 Å². The molecule has 10 heteroatoms. The van der Waals surface area contributed by atoms with E-state index in [1.54, 1.807) is 24.3 Å². The molecular formula is C21H18Cl2O6P2. The van der Waals surface area contributed by atoms with Crippen LogP contribution < -0.4 is 9.05 Å². The van der Waals surface area contributed by atoms with Gasteiger partial charge in [-0.3, -0.25) is 4.57 Å². The quantitative estimate of drug-likeness (QED) is 0.334. The summed E-state index contributed by atoms with van der Waals surface area (Å²) in [5.41, 5.74) is 1.57. The van der Waals surface area contributed by atoms with Crippen LogP contribution >= 0.6 is 38.4 Å². The Labute approximate surface area is 190 Å². The van der Waals surface area contributed by atoms with Crippen molar-refractivity contribution in [2.75, 3.05) is 14.2 Å². The Bertz CT molecular complexity index is 1170. The molecule has 1 aliphatic heterocycles. The molecule has 1 unspecified atom stereocenters. The van der Waals surface area contributed by atoms with Crippen LogP contribution in [-0.4, -0.2) is 14.2 Å². The van der Waals surface area contributed by atoms with E-state index in [2.05, 4.69) is 0 Å². The van der Waals surface area contributed by atoms with E-state index in [9.17, 15) is 9.13 Å². The average Bonchev–Trinajstić information content (AvgIpc) is 2.89. The Hall–Kier alpha value is -1.78. The third kappa shape index (κ3) is 4.05. The molecule has 0 amide bonds. The van der Waals surface area contributed by atoms with E-state index < -0.39 is 20.6 Å². The standard InChI is InChI=1S/C21H18Cl2O6P2/c1-26-30(24,27-2)21(17-12-11-14(22)13-18(17)23)31(25)28-19-9-5-3-7-15(19)16-8-4-6-10-20(16)29-31/h3-13,21H,1-2H3. The molecule has 4 rings (SSSR count). The molecule has 0 bridgehead atoms. The molecule has 0 aliphatic carbocycles. The Morgan fingerprint density at radius 1 is 0.871 bits per heavy atom. The lowest BCUT2D eigenvalue weighted by molar-refractivity contribution is 0.268. The van der Waals surface area contributed by atoms with Crippen molar-refractivity contribution < 1.29 is 27.2 Å². The number of hydrogen-bond donors (Lipinski definition) is 0. The first-order chi connectivity index (χ1) is 14.8. The van der Waals surface area contributed by atoms with Crippen LogP contribution in [0.4, 0.5) is 0 Å². The Balaban J connectivity index is 1.99. The van der Waals surface area contributed by atoms with Gasteiger partial charge in [-0.05, 0) is 24.3 Å². The molecule has 3 aromatic rings. The fourth-order valence-corrected chi connectivity index (χ4v) is 9.12. The van der Waals surface area contributed by atoms with Crippen LogP contribution in [0.2, 0.25) is 10.0 Å². The summed E-state index contributed by atoms with van der Waals surface area (Å²) in [4.78, 5) is 0. The highest BCUT2D eigenvalue weighted by atomic mass is 35.5. The number of fused-ring (bicyclic) bond motifs is 3. The molecule has 0 saturated carbocycles. The van der Waals surface area contributed by atoms with E-state index in [4.69, 9.17) is 41.3 Å². The van der Waals surface area contributed by atoms with Crippen LogP contribution in [0.1, 0.15) is 11.0 Å². The van der Waals surface area contributed by atoms with Gasteiger partial charge >= 0.3 is 15.2 Å². The van der Waals surface area contributed by atoms with Gasteiger partial charge in [0.25, 0.3) is 0 Å². The molecule has 1 aliphatic rings. The van der Waals surface area contributed by atoms with Gasteiger partial charge in [0.05, 0.1) is 0 Å². The number of benzene rings is 3. The first-order valence-corrected chi connectivity index (χ1v) is 13.1. The lowest BCUT2D eigenvalue weighted by Gasteiger charge is -2.30. The molecule has 1 atom stereocenters. The van der Waals surface area contributed by atoms with E-state index in [0.717, 1.165) is 0 Å². The van der Waals surface area contributed by atoms with Crippen molar-refractivity contribution in [3.05, 3.63) is 82.3 Å². The molecule has 3 aromatic carbocycles. The zero-order valence-corrected chi connectivity index (χ0v) is 19.8. The lowest BCUT2D eigenvalue weighted by Crippen LogP contribution is -2.13. The molecule has 162 valence electrons. The van der Waals surface area contributed by atoms with E-state index in [0.29, 0.717) is 27.6 Å². The van der Waals surface area contributed by atoms with Crippen LogP contribution in [0.25, 0.3) is 11.1 Å². The maximum absolute atomic E-state index is 14.4. The predicted octanol–water partition coefficient (Wildman–Crippen LogP) is 7.81. The van der Waals surface area contributed by atoms with Gasteiger partial charge in [-0.2, -0.15) is 0 Å². The second-order valence-electron chi connectivity index (χ2n) is 6.66. The third-order valence-corrected chi connectivity index (χ3v) is 10.8. The van der Waals surface area contributed by atoms with Gasteiger partial charge in [-0.1, -0.05) is 65.7 Å². The maximum atomic E-state index is 14.4. The topological polar surface area (TPSA) is 71.1 Å². The number of rotatable bonds is 5. The first kappa shape index (κ1) is 22.4. The summed E-state index contributed by atoms with van der Waals surface area (Å²) in [6.07, 6.45) is 0. The SMILES string of the molecule is COP(=O)(OC)C(c1ccc(Cl)cc1Cl)P1(=O)Oc2ccccc2-c2ccccc2O1. The molecule has 0 saturated heterocycles. The lowest BCUT2D eigenvalue weighted by atomic mass is 10.0. The third-order valence-electron chi connectivity index (χ3n) is 4.86. The van der Waals surface area contributed by atoms with Crippen molar-refractivity contribution in [3.63, 3.8) is 0 Å². The zero-order chi connectivity index (χ0) is 22.2. The van der Waals surface area contributed by atoms with Crippen LogP contribution in [-0.2, 0) is 18.2 Å². The number of hydrogen-bond acceptors (Lipinski definition) is 6. The molecule has 0 aromatic heterocycles. The fraction of sp³-hybridized carbons (Fsp3) is 0.143.